The van der Waals surface area contributed by atoms with Gasteiger partial charge in [-0.15, -0.1) is 24.8 Å². The number of amides is 2. The van der Waals surface area contributed by atoms with Crippen LogP contribution in [0.25, 0.3) is 0 Å². The second kappa shape index (κ2) is 11.0. The number of carbonyl (C=O) groups excluding carboxylic acids is 2. The lowest BCUT2D eigenvalue weighted by atomic mass is 10.1. The Morgan fingerprint density at radius 2 is 1.83 bits per heavy atom. The Kier molecular flexibility index (Phi) is 10.3. The summed E-state index contributed by atoms with van der Waals surface area (Å²) >= 11 is 0. The molecule has 0 radical (unpaired) electrons. The minimum Gasteiger partial charge on any atom is -0.357 e. The SMILES string of the molecule is Cl.Cl.NCC(=O)NCC(=O)Nc1ccc(N2CCCCC2)nc1. The van der Waals surface area contributed by atoms with Crippen molar-refractivity contribution in [3.05, 3.63) is 18.3 Å². The first-order valence-corrected chi connectivity index (χ1v) is 7.16. The van der Waals surface area contributed by atoms with Crippen molar-refractivity contribution in [3.63, 3.8) is 0 Å². The van der Waals surface area contributed by atoms with Gasteiger partial charge in [0.05, 0.1) is 25.0 Å². The van der Waals surface area contributed by atoms with Crippen LogP contribution < -0.4 is 21.3 Å². The van der Waals surface area contributed by atoms with Gasteiger partial charge in [0.1, 0.15) is 5.82 Å². The molecule has 0 atom stereocenters. The highest BCUT2D eigenvalue weighted by Gasteiger charge is 2.12. The molecular formula is C14H23Cl2N5O2. The Morgan fingerprint density at radius 3 is 2.39 bits per heavy atom. The Hall–Kier alpha value is -1.57. The lowest BCUT2D eigenvalue weighted by molar-refractivity contribution is -0.123. The number of anilines is 2. The molecule has 1 aromatic heterocycles. The third-order valence-corrected chi connectivity index (χ3v) is 3.34. The molecule has 1 saturated heterocycles. The second-order valence-corrected chi connectivity index (χ2v) is 4.98. The van der Waals surface area contributed by atoms with E-state index in [0.29, 0.717) is 5.69 Å². The maximum Gasteiger partial charge on any atom is 0.243 e. The lowest BCUT2D eigenvalue weighted by Crippen LogP contribution is -2.36. The minimum atomic E-state index is -0.358. The van der Waals surface area contributed by atoms with Crippen LogP contribution >= 0.6 is 24.8 Å². The number of nitrogens with two attached hydrogens (primary N) is 1. The van der Waals surface area contributed by atoms with E-state index in [4.69, 9.17) is 5.73 Å². The topological polar surface area (TPSA) is 100 Å². The zero-order valence-electron chi connectivity index (χ0n) is 12.8. The highest BCUT2D eigenvalue weighted by molar-refractivity contribution is 5.94. The summed E-state index contributed by atoms with van der Waals surface area (Å²) < 4.78 is 0. The second-order valence-electron chi connectivity index (χ2n) is 4.98. The van der Waals surface area contributed by atoms with Gasteiger partial charge in [-0.25, -0.2) is 4.98 Å². The van der Waals surface area contributed by atoms with E-state index in [9.17, 15) is 9.59 Å². The molecule has 0 bridgehead atoms. The van der Waals surface area contributed by atoms with Crippen LogP contribution in [-0.2, 0) is 9.59 Å². The molecule has 0 unspecified atom stereocenters. The summed E-state index contributed by atoms with van der Waals surface area (Å²) in [6.45, 7) is 1.84. The Balaban J connectivity index is 0.00000242. The molecule has 1 aliphatic rings. The molecule has 1 fully saturated rings. The quantitative estimate of drug-likeness (QED) is 0.722. The number of nitrogens with one attached hydrogen (secondary N) is 2. The number of halogens is 2. The maximum atomic E-state index is 11.6. The molecule has 0 spiro atoms. The zero-order valence-corrected chi connectivity index (χ0v) is 14.4. The predicted molar refractivity (Wildman–Crippen MR) is 95.5 cm³/mol. The third-order valence-electron chi connectivity index (χ3n) is 3.34. The van der Waals surface area contributed by atoms with Crippen LogP contribution in [0.3, 0.4) is 0 Å². The van der Waals surface area contributed by atoms with Crippen molar-refractivity contribution in [2.45, 2.75) is 19.3 Å². The van der Waals surface area contributed by atoms with Gasteiger partial charge in [0.2, 0.25) is 11.8 Å². The number of hydrogen-bond donors (Lipinski definition) is 3. The predicted octanol–water partition coefficient (Wildman–Crippen LogP) is 0.929. The molecular weight excluding hydrogens is 341 g/mol. The normalized spacial score (nSPS) is 13.3. The molecule has 1 aromatic rings. The number of hydrogen-bond acceptors (Lipinski definition) is 5. The largest absolute Gasteiger partial charge is 0.357 e. The van der Waals surface area contributed by atoms with Crippen LogP contribution in [0.1, 0.15) is 19.3 Å². The standard InChI is InChI=1S/C14H21N5O2.2ClH/c15-8-13(20)17-10-14(21)18-11-4-5-12(16-9-11)19-6-2-1-3-7-19;;/h4-5,9H,1-3,6-8,10,15H2,(H,17,20)(H,18,21);2*1H. The fourth-order valence-corrected chi connectivity index (χ4v) is 2.23. The van der Waals surface area contributed by atoms with E-state index in [-0.39, 0.29) is 49.7 Å². The molecule has 2 heterocycles. The lowest BCUT2D eigenvalue weighted by Gasteiger charge is -2.27. The highest BCUT2D eigenvalue weighted by atomic mass is 35.5. The summed E-state index contributed by atoms with van der Waals surface area (Å²) in [5.41, 5.74) is 5.75. The van der Waals surface area contributed by atoms with E-state index in [1.54, 1.807) is 6.20 Å². The first-order valence-electron chi connectivity index (χ1n) is 7.16. The van der Waals surface area contributed by atoms with Crippen molar-refractivity contribution in [1.82, 2.24) is 10.3 Å². The summed E-state index contributed by atoms with van der Waals surface area (Å²) in [5, 5.41) is 5.09. The van der Waals surface area contributed by atoms with Gasteiger partial charge in [-0.05, 0) is 31.4 Å². The van der Waals surface area contributed by atoms with Gasteiger partial charge in [-0.3, -0.25) is 9.59 Å². The van der Waals surface area contributed by atoms with Gasteiger partial charge in [-0.2, -0.15) is 0 Å². The molecule has 0 saturated carbocycles. The molecule has 9 heteroatoms. The van der Waals surface area contributed by atoms with E-state index < -0.39 is 0 Å². The van der Waals surface area contributed by atoms with Gasteiger partial charge >= 0.3 is 0 Å². The van der Waals surface area contributed by atoms with Crippen LogP contribution in [0.4, 0.5) is 11.5 Å². The van der Waals surface area contributed by atoms with Crippen LogP contribution in [0.5, 0.6) is 0 Å². The number of pyridine rings is 1. The zero-order chi connectivity index (χ0) is 15.1. The van der Waals surface area contributed by atoms with Crippen LogP contribution in [0.2, 0.25) is 0 Å². The first-order chi connectivity index (χ1) is 10.2. The number of rotatable bonds is 5. The first kappa shape index (κ1) is 21.4. The molecule has 7 nitrogen and oxygen atoms in total. The summed E-state index contributed by atoms with van der Waals surface area (Å²) in [6.07, 6.45) is 5.30. The van der Waals surface area contributed by atoms with E-state index in [1.165, 1.54) is 19.3 Å². The average molecular weight is 364 g/mol. The van der Waals surface area contributed by atoms with Gasteiger partial charge in [0.15, 0.2) is 0 Å². The van der Waals surface area contributed by atoms with Crippen molar-refractivity contribution in [2.24, 2.45) is 5.73 Å². The number of carbonyl (C=O) groups is 2. The monoisotopic (exact) mass is 363 g/mol. The van der Waals surface area contributed by atoms with Crippen molar-refractivity contribution in [3.8, 4) is 0 Å². The number of nitrogens with zero attached hydrogens (tertiary/aromatic N) is 2. The Labute approximate surface area is 148 Å². The summed E-state index contributed by atoms with van der Waals surface area (Å²) in [4.78, 5) is 29.2. The van der Waals surface area contributed by atoms with Gasteiger partial charge < -0.3 is 21.3 Å². The summed E-state index contributed by atoms with van der Waals surface area (Å²) in [6, 6.07) is 3.72. The van der Waals surface area contributed by atoms with Crippen molar-refractivity contribution in [2.75, 3.05) is 36.4 Å². The van der Waals surface area contributed by atoms with Gasteiger partial charge in [0, 0.05) is 13.1 Å². The molecule has 2 amide bonds. The Bertz CT molecular complexity index is 492. The van der Waals surface area contributed by atoms with E-state index in [2.05, 4.69) is 20.5 Å². The van der Waals surface area contributed by atoms with E-state index in [1.807, 2.05) is 12.1 Å². The number of aromatic nitrogens is 1. The molecule has 130 valence electrons. The van der Waals surface area contributed by atoms with Crippen LogP contribution in [0, 0.1) is 0 Å². The average Bonchev–Trinajstić information content (AvgIpc) is 2.54. The smallest absolute Gasteiger partial charge is 0.243 e. The molecule has 0 aromatic carbocycles. The van der Waals surface area contributed by atoms with Crippen molar-refractivity contribution >= 4 is 48.1 Å². The molecule has 4 N–H and O–H groups in total. The minimum absolute atomic E-state index is 0. The Morgan fingerprint density at radius 1 is 1.13 bits per heavy atom. The molecule has 2 rings (SSSR count). The summed E-state index contributed by atoms with van der Waals surface area (Å²) in [5.74, 6) is 0.275. The molecule has 0 aliphatic carbocycles. The van der Waals surface area contributed by atoms with Crippen LogP contribution in [0.15, 0.2) is 18.3 Å². The van der Waals surface area contributed by atoms with Gasteiger partial charge in [-0.1, -0.05) is 0 Å². The van der Waals surface area contributed by atoms with Gasteiger partial charge in [0.25, 0.3) is 0 Å². The fraction of sp³-hybridized carbons (Fsp3) is 0.500. The van der Waals surface area contributed by atoms with E-state index in [0.717, 1.165) is 18.9 Å². The van der Waals surface area contributed by atoms with Crippen LogP contribution in [-0.4, -0.2) is 43.0 Å². The highest BCUT2D eigenvalue weighted by Crippen LogP contribution is 2.18. The van der Waals surface area contributed by atoms with Crippen molar-refractivity contribution in [1.29, 1.82) is 0 Å². The fourth-order valence-electron chi connectivity index (χ4n) is 2.23. The van der Waals surface area contributed by atoms with E-state index >= 15 is 0 Å². The number of piperidine rings is 1. The maximum absolute atomic E-state index is 11.6. The molecule has 1 aliphatic heterocycles. The summed E-state index contributed by atoms with van der Waals surface area (Å²) in [7, 11) is 0. The third kappa shape index (κ3) is 7.02. The van der Waals surface area contributed by atoms with Crippen molar-refractivity contribution < 1.29 is 9.59 Å². The molecule has 23 heavy (non-hydrogen) atoms.